The van der Waals surface area contributed by atoms with Gasteiger partial charge in [0.1, 0.15) is 11.2 Å². The number of aromatic nitrogens is 2. The lowest BCUT2D eigenvalue weighted by Crippen LogP contribution is -2.35. The minimum Gasteiger partial charge on any atom is -0.344 e. The second kappa shape index (κ2) is 6.34. The van der Waals surface area contributed by atoms with E-state index in [1.807, 2.05) is 31.4 Å². The summed E-state index contributed by atoms with van der Waals surface area (Å²) in [4.78, 5) is 30.3. The molecule has 1 atom stereocenters. The Morgan fingerprint density at radius 3 is 2.78 bits per heavy atom. The number of hydrogen-bond donors (Lipinski definition) is 1. The first kappa shape index (κ1) is 15.4. The van der Waals surface area contributed by atoms with E-state index in [2.05, 4.69) is 10.3 Å². The fourth-order valence-electron chi connectivity index (χ4n) is 2.44. The Morgan fingerprint density at radius 2 is 2.09 bits per heavy atom. The zero-order valence-electron chi connectivity index (χ0n) is 12.9. The van der Waals surface area contributed by atoms with E-state index in [4.69, 9.17) is 0 Å². The van der Waals surface area contributed by atoms with Gasteiger partial charge in [-0.3, -0.25) is 14.0 Å². The number of carbonyl (C=O) groups is 1. The van der Waals surface area contributed by atoms with Gasteiger partial charge >= 0.3 is 0 Å². The SMILES string of the molecule is CC(C)C(NC(=O)c1cnc2ccccn2c1=O)c1cccs1. The van der Waals surface area contributed by atoms with Crippen molar-refractivity contribution in [1.29, 1.82) is 0 Å². The van der Waals surface area contributed by atoms with Gasteiger partial charge in [-0.1, -0.05) is 26.0 Å². The van der Waals surface area contributed by atoms with Gasteiger partial charge in [0.05, 0.1) is 6.04 Å². The van der Waals surface area contributed by atoms with Crippen LogP contribution in [0.15, 0.2) is 52.9 Å². The van der Waals surface area contributed by atoms with E-state index in [0.717, 1.165) is 4.88 Å². The predicted octanol–water partition coefficient (Wildman–Crippen LogP) is 2.88. The van der Waals surface area contributed by atoms with Gasteiger partial charge in [0, 0.05) is 17.3 Å². The molecule has 3 aromatic rings. The van der Waals surface area contributed by atoms with E-state index in [1.165, 1.54) is 10.6 Å². The van der Waals surface area contributed by atoms with Crippen LogP contribution in [0.2, 0.25) is 0 Å². The summed E-state index contributed by atoms with van der Waals surface area (Å²) in [7, 11) is 0. The Kier molecular flexibility index (Phi) is 4.25. The third-order valence-electron chi connectivity index (χ3n) is 3.66. The fourth-order valence-corrected chi connectivity index (χ4v) is 3.39. The molecule has 3 heterocycles. The standard InChI is InChI=1S/C17H17N3O2S/c1-11(2)15(13-6-5-9-23-13)19-16(21)12-10-18-14-7-3-4-8-20(14)17(12)22/h3-11,15H,1-2H3,(H,19,21). The molecule has 3 rings (SSSR count). The normalized spacial score (nSPS) is 12.5. The van der Waals surface area contributed by atoms with Crippen LogP contribution in [0.25, 0.3) is 5.65 Å². The highest BCUT2D eigenvalue weighted by Gasteiger charge is 2.22. The molecule has 0 saturated heterocycles. The van der Waals surface area contributed by atoms with Crippen LogP contribution in [0.5, 0.6) is 0 Å². The highest BCUT2D eigenvalue weighted by Crippen LogP contribution is 2.25. The summed E-state index contributed by atoms with van der Waals surface area (Å²) >= 11 is 1.59. The van der Waals surface area contributed by atoms with Gasteiger partial charge in [-0.2, -0.15) is 0 Å². The minimum atomic E-state index is -0.396. The van der Waals surface area contributed by atoms with Gasteiger partial charge in [-0.05, 0) is 29.5 Å². The van der Waals surface area contributed by atoms with E-state index in [9.17, 15) is 9.59 Å². The third-order valence-corrected chi connectivity index (χ3v) is 4.62. The second-order valence-corrected chi connectivity index (χ2v) is 6.60. The summed E-state index contributed by atoms with van der Waals surface area (Å²) in [6.45, 7) is 4.08. The first-order valence-electron chi connectivity index (χ1n) is 7.38. The molecule has 0 saturated carbocycles. The third kappa shape index (κ3) is 3.03. The smallest absolute Gasteiger partial charge is 0.270 e. The van der Waals surface area contributed by atoms with Gasteiger partial charge in [0.25, 0.3) is 11.5 Å². The van der Waals surface area contributed by atoms with Crippen molar-refractivity contribution in [3.05, 3.63) is 68.9 Å². The number of fused-ring (bicyclic) bond motifs is 1. The molecule has 6 heteroatoms. The van der Waals surface area contributed by atoms with E-state index in [-0.39, 0.29) is 23.1 Å². The minimum absolute atomic E-state index is 0.0518. The number of nitrogens with zero attached hydrogens (tertiary/aromatic N) is 2. The molecular formula is C17H17N3O2S. The van der Waals surface area contributed by atoms with Crippen molar-refractivity contribution < 1.29 is 4.79 Å². The van der Waals surface area contributed by atoms with E-state index < -0.39 is 5.91 Å². The Labute approximate surface area is 137 Å². The van der Waals surface area contributed by atoms with Crippen LogP contribution in [0, 0.1) is 5.92 Å². The van der Waals surface area contributed by atoms with Crippen LogP contribution < -0.4 is 10.9 Å². The molecule has 1 unspecified atom stereocenters. The molecule has 3 aromatic heterocycles. The predicted molar refractivity (Wildman–Crippen MR) is 90.8 cm³/mol. The Morgan fingerprint density at radius 1 is 1.26 bits per heavy atom. The number of carbonyl (C=O) groups excluding carboxylic acids is 1. The van der Waals surface area contributed by atoms with Gasteiger partial charge in [0.2, 0.25) is 0 Å². The fraction of sp³-hybridized carbons (Fsp3) is 0.235. The zero-order chi connectivity index (χ0) is 16.4. The lowest BCUT2D eigenvalue weighted by Gasteiger charge is -2.21. The molecule has 0 fully saturated rings. The molecule has 0 aliphatic heterocycles. The number of pyridine rings is 1. The summed E-state index contributed by atoms with van der Waals surface area (Å²) in [6, 6.07) is 9.08. The molecule has 0 spiro atoms. The number of thiophene rings is 1. The number of amides is 1. The highest BCUT2D eigenvalue weighted by molar-refractivity contribution is 7.10. The Bertz CT molecular complexity index is 884. The summed E-state index contributed by atoms with van der Waals surface area (Å²) < 4.78 is 1.38. The van der Waals surface area contributed by atoms with Crippen LogP contribution in [0.4, 0.5) is 0 Å². The van der Waals surface area contributed by atoms with Crippen molar-refractivity contribution >= 4 is 22.9 Å². The largest absolute Gasteiger partial charge is 0.344 e. The maximum Gasteiger partial charge on any atom is 0.270 e. The van der Waals surface area contributed by atoms with Crippen molar-refractivity contribution in [3.63, 3.8) is 0 Å². The molecule has 0 bridgehead atoms. The van der Waals surface area contributed by atoms with Crippen LogP contribution in [0.1, 0.15) is 35.1 Å². The highest BCUT2D eigenvalue weighted by atomic mass is 32.1. The first-order valence-corrected chi connectivity index (χ1v) is 8.26. The number of hydrogen-bond acceptors (Lipinski definition) is 4. The number of nitrogens with one attached hydrogen (secondary N) is 1. The average molecular weight is 327 g/mol. The van der Waals surface area contributed by atoms with Crippen molar-refractivity contribution in [1.82, 2.24) is 14.7 Å². The average Bonchev–Trinajstić information content (AvgIpc) is 3.06. The van der Waals surface area contributed by atoms with Gasteiger partial charge in [-0.15, -0.1) is 11.3 Å². The summed E-state index contributed by atoms with van der Waals surface area (Å²) in [5, 5.41) is 4.93. The van der Waals surface area contributed by atoms with Crippen LogP contribution in [0.3, 0.4) is 0 Å². The van der Waals surface area contributed by atoms with Gasteiger partial charge in [0.15, 0.2) is 0 Å². The molecule has 5 nitrogen and oxygen atoms in total. The lowest BCUT2D eigenvalue weighted by molar-refractivity contribution is 0.0924. The summed E-state index contributed by atoms with van der Waals surface area (Å²) in [5.74, 6) is -0.179. The van der Waals surface area contributed by atoms with Gasteiger partial charge < -0.3 is 5.32 Å². The monoisotopic (exact) mass is 327 g/mol. The molecule has 118 valence electrons. The maximum atomic E-state index is 12.6. The lowest BCUT2D eigenvalue weighted by atomic mass is 10.0. The van der Waals surface area contributed by atoms with E-state index in [1.54, 1.807) is 35.7 Å². The molecular weight excluding hydrogens is 310 g/mol. The second-order valence-electron chi connectivity index (χ2n) is 5.62. The van der Waals surface area contributed by atoms with Crippen molar-refractivity contribution in [3.8, 4) is 0 Å². The quantitative estimate of drug-likeness (QED) is 0.801. The number of rotatable bonds is 4. The van der Waals surface area contributed by atoms with Gasteiger partial charge in [-0.25, -0.2) is 4.98 Å². The van der Waals surface area contributed by atoms with Crippen LogP contribution >= 0.6 is 11.3 Å². The van der Waals surface area contributed by atoms with Crippen molar-refractivity contribution in [2.24, 2.45) is 5.92 Å². The Hall–Kier alpha value is -2.47. The van der Waals surface area contributed by atoms with Crippen molar-refractivity contribution in [2.45, 2.75) is 19.9 Å². The molecule has 1 amide bonds. The van der Waals surface area contributed by atoms with E-state index in [0.29, 0.717) is 5.65 Å². The first-order chi connectivity index (χ1) is 11.1. The molecule has 0 aromatic carbocycles. The molecule has 23 heavy (non-hydrogen) atoms. The Balaban J connectivity index is 1.94. The van der Waals surface area contributed by atoms with Crippen LogP contribution in [-0.4, -0.2) is 15.3 Å². The molecule has 0 aliphatic rings. The molecule has 1 N–H and O–H groups in total. The zero-order valence-corrected chi connectivity index (χ0v) is 13.7. The summed E-state index contributed by atoms with van der Waals surface area (Å²) in [5.41, 5.74) is 0.213. The molecule has 0 aliphatic carbocycles. The maximum absolute atomic E-state index is 12.6. The van der Waals surface area contributed by atoms with Crippen molar-refractivity contribution in [2.75, 3.05) is 0 Å². The van der Waals surface area contributed by atoms with E-state index >= 15 is 0 Å². The topological polar surface area (TPSA) is 63.5 Å². The van der Waals surface area contributed by atoms with Crippen LogP contribution in [-0.2, 0) is 0 Å². The summed E-state index contributed by atoms with van der Waals surface area (Å²) in [6.07, 6.45) is 2.96. The molecule has 0 radical (unpaired) electrons.